The van der Waals surface area contributed by atoms with Crippen LogP contribution in [0.2, 0.25) is 0 Å². The van der Waals surface area contributed by atoms with Crippen molar-refractivity contribution in [2.45, 2.75) is 74.9 Å². The second-order valence-corrected chi connectivity index (χ2v) is 11.3. The minimum Gasteiger partial charge on any atom is -0.481 e. The number of fused-ring (bicyclic) bond motifs is 2. The molecule has 1 saturated carbocycles. The molecule has 0 amide bonds. The van der Waals surface area contributed by atoms with Crippen molar-refractivity contribution in [1.82, 2.24) is 24.5 Å². The predicted octanol–water partition coefficient (Wildman–Crippen LogP) is 1.76. The lowest BCUT2D eigenvalue weighted by molar-refractivity contribution is 0.109. The Morgan fingerprint density at radius 1 is 1.18 bits per heavy atom. The highest BCUT2D eigenvalue weighted by atomic mass is 32.2. The van der Waals surface area contributed by atoms with Crippen LogP contribution >= 0.6 is 0 Å². The van der Waals surface area contributed by atoms with E-state index in [4.69, 9.17) is 4.74 Å². The summed E-state index contributed by atoms with van der Waals surface area (Å²) in [5, 5.41) is 19.1. The second kappa shape index (κ2) is 8.73. The molecule has 3 aliphatic rings. The zero-order valence-electron chi connectivity index (χ0n) is 18.9. The van der Waals surface area contributed by atoms with E-state index in [0.717, 1.165) is 44.9 Å². The van der Waals surface area contributed by atoms with Gasteiger partial charge in [-0.05, 0) is 38.5 Å². The molecule has 2 aromatic heterocycles. The molecule has 4 heterocycles. The summed E-state index contributed by atoms with van der Waals surface area (Å²) in [6, 6.07) is 3.61. The summed E-state index contributed by atoms with van der Waals surface area (Å²) in [5.41, 5.74) is 0.593. The fourth-order valence-electron chi connectivity index (χ4n) is 5.12. The first-order valence-corrected chi connectivity index (χ1v) is 13.0. The van der Waals surface area contributed by atoms with Crippen molar-refractivity contribution in [2.24, 2.45) is 0 Å². The van der Waals surface area contributed by atoms with Crippen molar-refractivity contribution in [3.63, 3.8) is 0 Å². The van der Waals surface area contributed by atoms with E-state index >= 15 is 0 Å². The highest BCUT2D eigenvalue weighted by molar-refractivity contribution is 7.90. The molecule has 1 unspecified atom stereocenters. The first kappa shape index (κ1) is 22.4. The number of nitrogens with one attached hydrogen (secondary N) is 2. The topological polar surface area (TPSA) is 137 Å². The Kier molecular flexibility index (Phi) is 5.91. The molecule has 2 aliphatic heterocycles. The molecule has 1 aliphatic carbocycles. The van der Waals surface area contributed by atoms with Crippen molar-refractivity contribution >= 4 is 27.6 Å². The zero-order chi connectivity index (χ0) is 23.2. The predicted molar refractivity (Wildman–Crippen MR) is 123 cm³/mol. The molecular formula is C21H31N7O4S. The Hall–Kier alpha value is -2.44. The van der Waals surface area contributed by atoms with E-state index in [1.165, 1.54) is 0 Å². The van der Waals surface area contributed by atoms with Crippen molar-refractivity contribution in [2.75, 3.05) is 24.4 Å². The van der Waals surface area contributed by atoms with Crippen LogP contribution in [0, 0.1) is 0 Å². The van der Waals surface area contributed by atoms with E-state index in [1.54, 1.807) is 19.2 Å². The fraction of sp³-hybridized carbons (Fsp3) is 0.667. The summed E-state index contributed by atoms with van der Waals surface area (Å²) < 4.78 is 33.4. The summed E-state index contributed by atoms with van der Waals surface area (Å²) in [7, 11) is 0.328. The zero-order valence-corrected chi connectivity index (χ0v) is 19.8. The lowest BCUT2D eigenvalue weighted by atomic mass is 9.83. The van der Waals surface area contributed by atoms with E-state index in [2.05, 4.69) is 25.5 Å². The third-order valence-electron chi connectivity index (χ3n) is 6.94. The second-order valence-electron chi connectivity index (χ2n) is 9.21. The van der Waals surface area contributed by atoms with E-state index in [0.29, 0.717) is 29.2 Å². The molecule has 3 fully saturated rings. The van der Waals surface area contributed by atoms with Crippen LogP contribution in [0.15, 0.2) is 12.1 Å². The van der Waals surface area contributed by atoms with Crippen LogP contribution in [0.1, 0.15) is 50.6 Å². The summed E-state index contributed by atoms with van der Waals surface area (Å²) >= 11 is 0. The third-order valence-corrected chi connectivity index (χ3v) is 9.44. The van der Waals surface area contributed by atoms with Gasteiger partial charge in [0.25, 0.3) is 0 Å². The first-order valence-electron chi connectivity index (χ1n) is 11.5. The normalized spacial score (nSPS) is 25.6. The molecule has 12 heteroatoms. The van der Waals surface area contributed by atoms with Crippen LogP contribution in [-0.2, 0) is 16.6 Å². The molecule has 33 heavy (non-hydrogen) atoms. The van der Waals surface area contributed by atoms with Gasteiger partial charge in [0.05, 0.1) is 24.7 Å². The number of rotatable bonds is 8. The molecule has 0 spiro atoms. The maximum atomic E-state index is 13.1. The van der Waals surface area contributed by atoms with Crippen molar-refractivity contribution in [1.29, 1.82) is 0 Å². The van der Waals surface area contributed by atoms with Crippen LogP contribution in [0.25, 0.3) is 0 Å². The number of nitrogens with zero attached hydrogens (tertiary/aromatic N) is 5. The Bertz CT molecular complexity index is 1090. The van der Waals surface area contributed by atoms with Crippen molar-refractivity contribution in [3.8, 4) is 5.88 Å². The van der Waals surface area contributed by atoms with Gasteiger partial charge in [-0.2, -0.15) is 19.4 Å². The van der Waals surface area contributed by atoms with E-state index in [-0.39, 0.29) is 30.0 Å². The van der Waals surface area contributed by atoms with Crippen molar-refractivity contribution < 1.29 is 18.3 Å². The lowest BCUT2D eigenvalue weighted by Gasteiger charge is -2.49. The standard InChI is InChI=1S/C21H31N7O4S/c1-27(16-9-14-4-3-5-15(10-16)28(14)33(30,31)17-6-7-17)21-23-18(11-20(24-21)32-2)22-19-8-13(12-29)25-26-19/h8,11,14-17,29H,3-7,9-10,12H2,1-2H3,(H2,22,23,24,25,26)/t14-,15+,16?. The fourth-order valence-corrected chi connectivity index (χ4v) is 7.41. The van der Waals surface area contributed by atoms with E-state index in [9.17, 15) is 13.5 Å². The van der Waals surface area contributed by atoms with Gasteiger partial charge in [0.1, 0.15) is 5.82 Å². The molecular weight excluding hydrogens is 446 g/mol. The number of piperidine rings is 2. The Morgan fingerprint density at radius 2 is 1.91 bits per heavy atom. The number of hydrogen-bond acceptors (Lipinski definition) is 9. The van der Waals surface area contributed by atoms with Gasteiger partial charge in [0.2, 0.25) is 21.9 Å². The van der Waals surface area contributed by atoms with E-state index < -0.39 is 10.0 Å². The average Bonchev–Trinajstić information content (AvgIpc) is 3.58. The molecule has 2 saturated heterocycles. The minimum absolute atomic E-state index is 0.0414. The van der Waals surface area contributed by atoms with Crippen molar-refractivity contribution in [3.05, 3.63) is 17.8 Å². The number of aliphatic hydroxyl groups is 1. The minimum atomic E-state index is -3.19. The largest absolute Gasteiger partial charge is 0.481 e. The van der Waals surface area contributed by atoms with Gasteiger partial charge >= 0.3 is 0 Å². The molecule has 2 bridgehead atoms. The van der Waals surface area contributed by atoms with Gasteiger partial charge in [-0.15, -0.1) is 0 Å². The molecule has 3 atom stereocenters. The number of anilines is 3. The monoisotopic (exact) mass is 477 g/mol. The summed E-state index contributed by atoms with van der Waals surface area (Å²) in [4.78, 5) is 11.3. The highest BCUT2D eigenvalue weighted by Crippen LogP contribution is 2.42. The number of sulfonamides is 1. The maximum Gasteiger partial charge on any atom is 0.230 e. The number of methoxy groups -OCH3 is 1. The van der Waals surface area contributed by atoms with Gasteiger partial charge in [-0.25, -0.2) is 8.42 Å². The SMILES string of the molecule is COc1cc(Nc2cc(CO)[nH]n2)nc(N(C)C2C[C@H]3CCC[C@@H](C2)N3S(=O)(=O)C2CC2)n1. The number of hydrogen-bond donors (Lipinski definition) is 3. The number of aliphatic hydroxyl groups excluding tert-OH is 1. The quantitative estimate of drug-likeness (QED) is 0.519. The van der Waals surface area contributed by atoms with Crippen LogP contribution in [-0.4, -0.2) is 75.5 Å². The van der Waals surface area contributed by atoms with Crippen LogP contribution in [0.4, 0.5) is 17.6 Å². The molecule has 180 valence electrons. The van der Waals surface area contributed by atoms with Crippen LogP contribution < -0.4 is 15.0 Å². The first-order chi connectivity index (χ1) is 15.9. The number of aromatic amines is 1. The maximum absolute atomic E-state index is 13.1. The van der Waals surface area contributed by atoms with Gasteiger partial charge in [0.15, 0.2) is 5.82 Å². The molecule has 11 nitrogen and oxygen atoms in total. The molecule has 2 aromatic rings. The Balaban J connectivity index is 1.36. The number of H-pyrrole nitrogens is 1. The van der Waals surface area contributed by atoms with Gasteiger partial charge < -0.3 is 20.1 Å². The highest BCUT2D eigenvalue weighted by Gasteiger charge is 2.50. The summed E-state index contributed by atoms with van der Waals surface area (Å²) in [6.45, 7) is -0.132. The van der Waals surface area contributed by atoms with E-state index in [1.807, 2.05) is 16.3 Å². The Labute approximate surface area is 193 Å². The summed E-state index contributed by atoms with van der Waals surface area (Å²) in [6.07, 6.45) is 6.01. The Morgan fingerprint density at radius 3 is 2.52 bits per heavy atom. The van der Waals surface area contributed by atoms with Gasteiger partial charge in [-0.3, -0.25) is 5.10 Å². The molecule has 3 N–H and O–H groups in total. The van der Waals surface area contributed by atoms with Crippen LogP contribution in [0.5, 0.6) is 5.88 Å². The molecule has 0 radical (unpaired) electrons. The lowest BCUT2D eigenvalue weighted by Crippen LogP contribution is -2.59. The van der Waals surface area contributed by atoms with Crippen LogP contribution in [0.3, 0.4) is 0 Å². The van der Waals surface area contributed by atoms with Gasteiger partial charge in [0, 0.05) is 37.3 Å². The van der Waals surface area contributed by atoms with Gasteiger partial charge in [-0.1, -0.05) is 6.42 Å². The smallest absolute Gasteiger partial charge is 0.230 e. The average molecular weight is 478 g/mol. The third kappa shape index (κ3) is 4.38. The molecule has 0 aromatic carbocycles. The summed E-state index contributed by atoms with van der Waals surface area (Å²) in [5.74, 6) is 1.98. The number of aromatic nitrogens is 4. The number of ether oxygens (including phenoxy) is 1. The molecule has 5 rings (SSSR count).